The first-order valence-corrected chi connectivity index (χ1v) is 16.9. The maximum absolute atomic E-state index is 4.89. The second-order valence-electron chi connectivity index (χ2n) is 7.58. The van der Waals surface area contributed by atoms with Gasteiger partial charge in [-0.3, -0.25) is 0 Å². The van der Waals surface area contributed by atoms with Crippen LogP contribution in [0.1, 0.15) is 96.3 Å². The molecule has 0 aromatic carbocycles. The molecule has 3 fully saturated rings. The molecule has 3 aliphatic carbocycles. The van der Waals surface area contributed by atoms with E-state index in [0.29, 0.717) is 0 Å². The van der Waals surface area contributed by atoms with Gasteiger partial charge in [0.25, 0.3) is 0 Å². The molecule has 0 heterocycles. The number of hydrogen-bond donors (Lipinski definition) is 0. The van der Waals surface area contributed by atoms with Crippen LogP contribution in [0.3, 0.4) is 0 Å². The van der Waals surface area contributed by atoms with Crippen LogP contribution in [-0.4, -0.2) is 30.5 Å². The third-order valence-corrected chi connectivity index (χ3v) is 10.8. The molecule has 0 bridgehead atoms. The van der Waals surface area contributed by atoms with E-state index in [-0.39, 0.29) is 7.92 Å². The molecule has 22 heavy (non-hydrogen) atoms. The first kappa shape index (κ1) is 19.9. The predicted molar refractivity (Wildman–Crippen MR) is 106 cm³/mol. The molecular weight excluding hydrogens is 391 g/mol. The molecule has 0 spiro atoms. The summed E-state index contributed by atoms with van der Waals surface area (Å²) in [6, 6.07) is 0. The summed E-state index contributed by atoms with van der Waals surface area (Å²) in [6.07, 6.45) is 23.8. The molecular formula is C18H34Cl2GeP+. The molecule has 4 heteroatoms. The van der Waals surface area contributed by atoms with Gasteiger partial charge in [0, 0.05) is 7.92 Å². The average Bonchev–Trinajstić information content (AvgIpc) is 2.59. The summed E-state index contributed by atoms with van der Waals surface area (Å²) in [6.45, 7) is 0. The van der Waals surface area contributed by atoms with E-state index in [0.717, 1.165) is 0 Å². The second kappa shape index (κ2) is 12.0. The molecule has 3 saturated carbocycles. The van der Waals surface area contributed by atoms with Gasteiger partial charge in [0.1, 0.15) is 0 Å². The fraction of sp³-hybridized carbons (Fsp3) is 1.00. The van der Waals surface area contributed by atoms with Crippen molar-refractivity contribution in [1.29, 1.82) is 0 Å². The number of hydrogen-bond acceptors (Lipinski definition) is 0. The minimum absolute atomic E-state index is 0.0465. The van der Waals surface area contributed by atoms with Crippen molar-refractivity contribution in [3.63, 3.8) is 0 Å². The first-order chi connectivity index (χ1) is 10.9. The molecule has 0 aromatic rings. The summed E-state index contributed by atoms with van der Waals surface area (Å²) in [5.74, 6) is 0. The zero-order valence-electron chi connectivity index (χ0n) is 14.1. The fourth-order valence-corrected chi connectivity index (χ4v) is 10.5. The summed E-state index contributed by atoms with van der Waals surface area (Å²) in [5.41, 5.74) is 3.68. The van der Waals surface area contributed by atoms with Crippen LogP contribution in [0.5, 0.6) is 0 Å². The zero-order valence-corrected chi connectivity index (χ0v) is 18.7. The van der Waals surface area contributed by atoms with E-state index in [1.54, 1.807) is 96.3 Å². The standard InChI is InChI=1S/C18H33P.Cl2Ge/c1-4-10-16(11-5-1)19(17-12-6-2-7-13-17)18-14-8-3-9-15-18;1-3-2/h16-18H,1-15H2;/p+1. The van der Waals surface area contributed by atoms with Crippen molar-refractivity contribution in [3.05, 3.63) is 0 Å². The van der Waals surface area contributed by atoms with Crippen molar-refractivity contribution in [2.24, 2.45) is 0 Å². The third kappa shape index (κ3) is 6.46. The van der Waals surface area contributed by atoms with Crippen LogP contribution in [0.25, 0.3) is 0 Å². The summed E-state index contributed by atoms with van der Waals surface area (Å²) < 4.78 is 0. The van der Waals surface area contributed by atoms with Gasteiger partial charge in [-0.15, -0.1) is 0 Å². The molecule has 0 aromatic heterocycles. The van der Waals surface area contributed by atoms with Crippen molar-refractivity contribution < 1.29 is 0 Å². The van der Waals surface area contributed by atoms with Gasteiger partial charge in [-0.1, -0.05) is 19.3 Å². The van der Waals surface area contributed by atoms with Crippen LogP contribution in [0, 0.1) is 0 Å². The van der Waals surface area contributed by atoms with E-state index in [2.05, 4.69) is 0 Å². The summed E-state index contributed by atoms with van der Waals surface area (Å²) in [4.78, 5) is 0. The predicted octanol–water partition coefficient (Wildman–Crippen LogP) is 7.20. The second-order valence-corrected chi connectivity index (χ2v) is 14.3. The normalized spacial score (nSPS) is 25.8. The molecule has 0 N–H and O–H groups in total. The topological polar surface area (TPSA) is 0 Å². The third-order valence-electron chi connectivity index (χ3n) is 6.23. The number of halogens is 2. The van der Waals surface area contributed by atoms with E-state index < -0.39 is 13.6 Å². The van der Waals surface area contributed by atoms with Gasteiger partial charge in [0.15, 0.2) is 0 Å². The van der Waals surface area contributed by atoms with Gasteiger partial charge in [-0.25, -0.2) is 0 Å². The van der Waals surface area contributed by atoms with Gasteiger partial charge in [0.05, 0.1) is 17.0 Å². The molecule has 0 saturated heterocycles. The molecule has 0 aliphatic heterocycles. The Morgan fingerprint density at radius 3 is 0.955 bits per heavy atom. The molecule has 128 valence electrons. The van der Waals surface area contributed by atoms with E-state index in [1.807, 2.05) is 0 Å². The average molecular weight is 425 g/mol. The summed E-state index contributed by atoms with van der Waals surface area (Å²) in [7, 11) is 9.73. The molecule has 0 nitrogen and oxygen atoms in total. The maximum atomic E-state index is 4.89. The van der Waals surface area contributed by atoms with Gasteiger partial charge < -0.3 is 0 Å². The molecule has 0 unspecified atom stereocenters. The fourth-order valence-electron chi connectivity index (χ4n) is 5.31. The summed E-state index contributed by atoms with van der Waals surface area (Å²) in [5, 5.41) is 0. The van der Waals surface area contributed by atoms with Gasteiger partial charge >= 0.3 is 33.6 Å². The van der Waals surface area contributed by atoms with Crippen molar-refractivity contribution in [1.82, 2.24) is 0 Å². The van der Waals surface area contributed by atoms with Crippen molar-refractivity contribution in [3.8, 4) is 0 Å². The van der Waals surface area contributed by atoms with Crippen LogP contribution in [0.4, 0.5) is 0 Å². The Morgan fingerprint density at radius 2 is 0.727 bits per heavy atom. The Hall–Kier alpha value is 1.55. The van der Waals surface area contributed by atoms with Crippen LogP contribution >= 0.6 is 27.9 Å². The van der Waals surface area contributed by atoms with E-state index in [4.69, 9.17) is 20.0 Å². The SMILES string of the molecule is C1CCC([PH+](C2CCCCC2)C2CCCCC2)CC1.[Cl][Ge][Cl]. The molecule has 0 amide bonds. The number of rotatable bonds is 3. The van der Waals surface area contributed by atoms with E-state index in [9.17, 15) is 0 Å². The molecule has 3 rings (SSSR count). The Labute approximate surface area is 154 Å². The van der Waals surface area contributed by atoms with Crippen LogP contribution in [0.15, 0.2) is 0 Å². The monoisotopic (exact) mass is 425 g/mol. The summed E-state index contributed by atoms with van der Waals surface area (Å²) >= 11 is -0.556. The van der Waals surface area contributed by atoms with Gasteiger partial charge in [-0.2, -0.15) is 0 Å². The van der Waals surface area contributed by atoms with Crippen molar-refractivity contribution in [2.45, 2.75) is 113 Å². The first-order valence-electron chi connectivity index (χ1n) is 9.69. The molecule has 3 aliphatic rings. The quantitative estimate of drug-likeness (QED) is 0.332. The van der Waals surface area contributed by atoms with Gasteiger partial charge in [-0.05, 0) is 77.0 Å². The van der Waals surface area contributed by atoms with Crippen molar-refractivity contribution >= 4 is 41.5 Å². The van der Waals surface area contributed by atoms with Gasteiger partial charge in [0.2, 0.25) is 0 Å². The van der Waals surface area contributed by atoms with Crippen LogP contribution in [0.2, 0.25) is 0 Å². The van der Waals surface area contributed by atoms with Crippen LogP contribution < -0.4 is 0 Å². The zero-order chi connectivity index (χ0) is 15.6. The Balaban J connectivity index is 0.000000545. The Morgan fingerprint density at radius 1 is 0.500 bits per heavy atom. The van der Waals surface area contributed by atoms with E-state index in [1.165, 1.54) is 17.0 Å². The Bertz CT molecular complexity index is 229. The van der Waals surface area contributed by atoms with Crippen molar-refractivity contribution in [2.75, 3.05) is 0 Å². The molecule has 0 atom stereocenters. The van der Waals surface area contributed by atoms with E-state index >= 15 is 0 Å². The molecule has 2 radical (unpaired) electrons. The Kier molecular flexibility index (Phi) is 10.8. The van der Waals surface area contributed by atoms with Crippen LogP contribution in [-0.2, 0) is 0 Å². The minimum atomic E-state index is -0.556.